The van der Waals surface area contributed by atoms with Crippen molar-refractivity contribution in [1.82, 2.24) is 20.2 Å². The fraction of sp³-hybridized carbons (Fsp3) is 0.111. The van der Waals surface area contributed by atoms with Gasteiger partial charge in [0.15, 0.2) is 11.5 Å². The Morgan fingerprint density at radius 1 is 1.40 bits per heavy atom. The molecule has 0 atom stereocenters. The molecule has 0 amide bonds. The smallest absolute Gasteiger partial charge is 0.182 e. The van der Waals surface area contributed by atoms with Gasteiger partial charge in [0.2, 0.25) is 0 Å². The van der Waals surface area contributed by atoms with Crippen molar-refractivity contribution in [3.05, 3.63) is 36.0 Å². The van der Waals surface area contributed by atoms with Crippen molar-refractivity contribution in [3.8, 4) is 6.07 Å². The molecule has 0 fully saturated rings. The first-order valence-corrected chi connectivity index (χ1v) is 4.33. The second-order valence-corrected chi connectivity index (χ2v) is 2.83. The molecule has 0 spiro atoms. The van der Waals surface area contributed by atoms with E-state index in [0.717, 1.165) is 5.56 Å². The molecule has 15 heavy (non-hydrogen) atoms. The van der Waals surface area contributed by atoms with Crippen LogP contribution in [0.3, 0.4) is 0 Å². The van der Waals surface area contributed by atoms with Crippen molar-refractivity contribution in [3.63, 3.8) is 0 Å². The van der Waals surface area contributed by atoms with Crippen LogP contribution in [0.2, 0.25) is 0 Å². The molecule has 6 nitrogen and oxygen atoms in total. The van der Waals surface area contributed by atoms with Crippen molar-refractivity contribution >= 4 is 5.82 Å². The highest BCUT2D eigenvalue weighted by atomic mass is 15.1. The van der Waals surface area contributed by atoms with Crippen molar-refractivity contribution in [1.29, 1.82) is 5.26 Å². The molecule has 0 aliphatic heterocycles. The van der Waals surface area contributed by atoms with Crippen LogP contribution >= 0.6 is 0 Å². The van der Waals surface area contributed by atoms with E-state index in [0.29, 0.717) is 18.1 Å². The minimum absolute atomic E-state index is 0.293. The molecule has 2 aromatic rings. The minimum Gasteiger partial charge on any atom is -0.363 e. The number of hydrogen-bond donors (Lipinski definition) is 2. The first kappa shape index (κ1) is 9.15. The van der Waals surface area contributed by atoms with Crippen LogP contribution in [0.5, 0.6) is 0 Å². The second kappa shape index (κ2) is 4.19. The number of aromatic amines is 1. The van der Waals surface area contributed by atoms with E-state index in [1.54, 1.807) is 18.6 Å². The summed E-state index contributed by atoms with van der Waals surface area (Å²) in [6.45, 7) is 0.559. The Labute approximate surface area is 86.0 Å². The number of nitriles is 1. The summed E-state index contributed by atoms with van der Waals surface area (Å²) in [6.07, 6.45) is 6.50. The molecule has 0 unspecified atom stereocenters. The highest BCUT2D eigenvalue weighted by Crippen LogP contribution is 2.07. The fourth-order valence-corrected chi connectivity index (χ4v) is 1.11. The third-order valence-corrected chi connectivity index (χ3v) is 1.82. The molecule has 0 aromatic carbocycles. The van der Waals surface area contributed by atoms with Crippen molar-refractivity contribution in [2.75, 3.05) is 5.32 Å². The molecule has 2 N–H and O–H groups in total. The number of aromatic nitrogens is 4. The van der Waals surface area contributed by atoms with Gasteiger partial charge in [-0.15, -0.1) is 0 Å². The maximum Gasteiger partial charge on any atom is 0.182 e. The van der Waals surface area contributed by atoms with Gasteiger partial charge in [-0.2, -0.15) is 10.4 Å². The molecule has 0 bridgehead atoms. The Hall–Kier alpha value is -2.42. The van der Waals surface area contributed by atoms with Crippen molar-refractivity contribution in [2.24, 2.45) is 0 Å². The zero-order valence-corrected chi connectivity index (χ0v) is 7.81. The maximum absolute atomic E-state index is 8.76. The lowest BCUT2D eigenvalue weighted by Gasteiger charge is -2.03. The lowest BCUT2D eigenvalue weighted by molar-refractivity contribution is 1.07. The Balaban J connectivity index is 2.08. The molecule has 0 aliphatic rings. The number of nitrogens with one attached hydrogen (secondary N) is 2. The highest BCUT2D eigenvalue weighted by Gasteiger charge is 2.03. The van der Waals surface area contributed by atoms with E-state index in [2.05, 4.69) is 25.5 Å². The molecular formula is C9H8N6. The monoisotopic (exact) mass is 200 g/mol. The van der Waals surface area contributed by atoms with E-state index in [9.17, 15) is 0 Å². The number of rotatable bonds is 3. The van der Waals surface area contributed by atoms with Gasteiger partial charge in [-0.25, -0.2) is 9.97 Å². The molecule has 2 aromatic heterocycles. The van der Waals surface area contributed by atoms with Crippen LogP contribution in [0.4, 0.5) is 5.82 Å². The van der Waals surface area contributed by atoms with Crippen LogP contribution in [0.25, 0.3) is 0 Å². The first-order chi connectivity index (χ1) is 7.40. The molecule has 0 radical (unpaired) electrons. The summed E-state index contributed by atoms with van der Waals surface area (Å²) in [4.78, 5) is 7.91. The van der Waals surface area contributed by atoms with E-state index >= 15 is 0 Å². The number of anilines is 1. The van der Waals surface area contributed by atoms with Gasteiger partial charge in [0.05, 0.1) is 6.20 Å². The molecule has 2 rings (SSSR count). The van der Waals surface area contributed by atoms with Gasteiger partial charge in [0.25, 0.3) is 0 Å². The van der Waals surface area contributed by atoms with Crippen molar-refractivity contribution < 1.29 is 0 Å². The van der Waals surface area contributed by atoms with Crippen LogP contribution < -0.4 is 5.32 Å². The standard InChI is InChI=1S/C9H8N6/c10-3-8-9(12-2-1-11-8)13-4-7-5-14-15-6-7/h1-2,5-6H,4H2,(H,12,13)(H,14,15). The summed E-state index contributed by atoms with van der Waals surface area (Å²) in [5.41, 5.74) is 1.28. The van der Waals surface area contributed by atoms with Crippen LogP contribution in [0.15, 0.2) is 24.8 Å². The van der Waals surface area contributed by atoms with Gasteiger partial charge in [0.1, 0.15) is 6.07 Å². The third kappa shape index (κ3) is 2.08. The Morgan fingerprint density at radius 2 is 2.27 bits per heavy atom. The first-order valence-electron chi connectivity index (χ1n) is 4.33. The van der Waals surface area contributed by atoms with E-state index in [4.69, 9.17) is 5.26 Å². The molecule has 0 saturated heterocycles. The van der Waals surface area contributed by atoms with Gasteiger partial charge in [-0.05, 0) is 0 Å². The lowest BCUT2D eigenvalue weighted by atomic mass is 10.3. The van der Waals surface area contributed by atoms with E-state index < -0.39 is 0 Å². The normalized spacial score (nSPS) is 9.53. The van der Waals surface area contributed by atoms with E-state index in [1.807, 2.05) is 6.07 Å². The number of H-pyrrole nitrogens is 1. The van der Waals surface area contributed by atoms with Gasteiger partial charge < -0.3 is 5.32 Å². The lowest BCUT2D eigenvalue weighted by Crippen LogP contribution is -2.03. The molecular weight excluding hydrogens is 192 g/mol. The SMILES string of the molecule is N#Cc1nccnc1NCc1cn[nH]c1. The Kier molecular flexibility index (Phi) is 2.56. The largest absolute Gasteiger partial charge is 0.363 e. The predicted octanol–water partition coefficient (Wildman–Crippen LogP) is 0.683. The van der Waals surface area contributed by atoms with Gasteiger partial charge >= 0.3 is 0 Å². The Morgan fingerprint density at radius 3 is 3.00 bits per heavy atom. The van der Waals surface area contributed by atoms with Crippen molar-refractivity contribution in [2.45, 2.75) is 6.54 Å². The zero-order valence-electron chi connectivity index (χ0n) is 7.81. The topological polar surface area (TPSA) is 90.3 Å². The van der Waals surface area contributed by atoms with E-state index in [1.165, 1.54) is 6.20 Å². The molecule has 0 aliphatic carbocycles. The predicted molar refractivity (Wildman–Crippen MR) is 52.7 cm³/mol. The van der Waals surface area contributed by atoms with Gasteiger partial charge in [-0.3, -0.25) is 5.10 Å². The van der Waals surface area contributed by atoms with E-state index in [-0.39, 0.29) is 0 Å². The van der Waals surface area contributed by atoms with Gasteiger partial charge in [0, 0.05) is 30.7 Å². The third-order valence-electron chi connectivity index (χ3n) is 1.82. The summed E-state index contributed by atoms with van der Waals surface area (Å²) < 4.78 is 0. The molecule has 74 valence electrons. The maximum atomic E-state index is 8.76. The van der Waals surface area contributed by atoms with Crippen LogP contribution in [0.1, 0.15) is 11.3 Å². The van der Waals surface area contributed by atoms with Crippen LogP contribution in [-0.2, 0) is 6.54 Å². The summed E-state index contributed by atoms with van der Waals surface area (Å²) in [6, 6.07) is 1.97. The number of hydrogen-bond acceptors (Lipinski definition) is 5. The Bertz CT molecular complexity index is 470. The zero-order chi connectivity index (χ0) is 10.5. The number of nitrogens with zero attached hydrogens (tertiary/aromatic N) is 4. The average molecular weight is 200 g/mol. The average Bonchev–Trinajstić information content (AvgIpc) is 2.79. The van der Waals surface area contributed by atoms with Crippen LogP contribution in [0, 0.1) is 11.3 Å². The summed E-state index contributed by atoms with van der Waals surface area (Å²) >= 11 is 0. The summed E-state index contributed by atoms with van der Waals surface area (Å²) in [7, 11) is 0. The summed E-state index contributed by atoms with van der Waals surface area (Å²) in [5, 5.41) is 18.3. The summed E-state index contributed by atoms with van der Waals surface area (Å²) in [5.74, 6) is 0.487. The van der Waals surface area contributed by atoms with Gasteiger partial charge in [-0.1, -0.05) is 0 Å². The molecule has 2 heterocycles. The van der Waals surface area contributed by atoms with Crippen LogP contribution in [-0.4, -0.2) is 20.2 Å². The molecule has 0 saturated carbocycles. The second-order valence-electron chi connectivity index (χ2n) is 2.83. The highest BCUT2D eigenvalue weighted by molar-refractivity contribution is 5.46. The minimum atomic E-state index is 0.293. The molecule has 6 heteroatoms. The fourth-order valence-electron chi connectivity index (χ4n) is 1.11. The quantitative estimate of drug-likeness (QED) is 0.760.